The molecule has 2 aromatic carbocycles. The van der Waals surface area contributed by atoms with E-state index in [1.807, 2.05) is 69.4 Å². The van der Waals surface area contributed by atoms with Crippen molar-refractivity contribution in [1.29, 1.82) is 0 Å². The quantitative estimate of drug-likeness (QED) is 0.706. The Morgan fingerprint density at radius 3 is 2.24 bits per heavy atom. The third kappa shape index (κ3) is 6.39. The summed E-state index contributed by atoms with van der Waals surface area (Å²) in [6.07, 6.45) is 0. The number of rotatable bonds is 7. The lowest BCUT2D eigenvalue weighted by Crippen LogP contribution is -3.11. The van der Waals surface area contributed by atoms with Crippen LogP contribution in [0.3, 0.4) is 0 Å². The van der Waals surface area contributed by atoms with Crippen LogP contribution in [0.2, 0.25) is 0 Å². The molecular formula is C20H26N3O2+. The number of anilines is 1. The molecule has 5 heteroatoms. The first-order valence-electron chi connectivity index (χ1n) is 8.43. The molecule has 0 saturated carbocycles. The number of amides is 2. The summed E-state index contributed by atoms with van der Waals surface area (Å²) < 4.78 is 0. The number of carbonyl (C=O) groups is 2. The van der Waals surface area contributed by atoms with E-state index in [9.17, 15) is 9.59 Å². The van der Waals surface area contributed by atoms with Crippen molar-refractivity contribution in [3.63, 3.8) is 0 Å². The Morgan fingerprint density at radius 2 is 1.56 bits per heavy atom. The average molecular weight is 340 g/mol. The van der Waals surface area contributed by atoms with Crippen LogP contribution in [0.5, 0.6) is 0 Å². The van der Waals surface area contributed by atoms with Gasteiger partial charge in [-0.3, -0.25) is 9.59 Å². The molecule has 25 heavy (non-hydrogen) atoms. The zero-order valence-corrected chi connectivity index (χ0v) is 15.1. The first kappa shape index (κ1) is 18.7. The molecule has 1 atom stereocenters. The summed E-state index contributed by atoms with van der Waals surface area (Å²) in [6, 6.07) is 15.6. The molecule has 2 aromatic rings. The second-order valence-corrected chi connectivity index (χ2v) is 6.43. The molecule has 0 aliphatic rings. The van der Waals surface area contributed by atoms with E-state index in [4.69, 9.17) is 0 Å². The summed E-state index contributed by atoms with van der Waals surface area (Å²) in [5, 5.41) is 5.76. The van der Waals surface area contributed by atoms with Crippen molar-refractivity contribution in [2.24, 2.45) is 0 Å². The lowest BCUT2D eigenvalue weighted by atomic mass is 10.1. The van der Waals surface area contributed by atoms with E-state index in [2.05, 4.69) is 10.6 Å². The van der Waals surface area contributed by atoms with Crippen molar-refractivity contribution in [3.8, 4) is 0 Å². The molecular weight excluding hydrogens is 314 g/mol. The van der Waals surface area contributed by atoms with Gasteiger partial charge in [-0.2, -0.15) is 0 Å². The maximum Gasteiger partial charge on any atom is 0.279 e. The van der Waals surface area contributed by atoms with Gasteiger partial charge in [-0.05, 0) is 37.1 Å². The fourth-order valence-electron chi connectivity index (χ4n) is 2.52. The second-order valence-electron chi connectivity index (χ2n) is 6.43. The van der Waals surface area contributed by atoms with Crippen molar-refractivity contribution in [3.05, 3.63) is 65.2 Å². The molecule has 0 aromatic heterocycles. The number of hydrogen-bond donors (Lipinski definition) is 3. The van der Waals surface area contributed by atoms with E-state index in [0.717, 1.165) is 27.3 Å². The van der Waals surface area contributed by atoms with Crippen molar-refractivity contribution in [1.82, 2.24) is 5.32 Å². The molecule has 0 saturated heterocycles. The lowest BCUT2D eigenvalue weighted by Gasteiger charge is -2.14. The number of hydrogen-bond acceptors (Lipinski definition) is 2. The van der Waals surface area contributed by atoms with Gasteiger partial charge >= 0.3 is 0 Å². The number of quaternary nitrogens is 1. The standard InChI is InChI=1S/C20H25N3O2/c1-15-8-10-18(11-9-15)22-20(25)14-23(3)13-19(24)21-12-17-7-5-4-6-16(17)2/h4-11H,12-14H2,1-3H3,(H,21,24)(H,22,25)/p+1. The smallest absolute Gasteiger partial charge is 0.279 e. The van der Waals surface area contributed by atoms with Gasteiger partial charge in [0.1, 0.15) is 0 Å². The molecule has 132 valence electrons. The van der Waals surface area contributed by atoms with E-state index in [-0.39, 0.29) is 24.9 Å². The highest BCUT2D eigenvalue weighted by molar-refractivity contribution is 5.91. The number of benzene rings is 2. The Hall–Kier alpha value is -2.66. The van der Waals surface area contributed by atoms with Gasteiger partial charge in [0.15, 0.2) is 13.1 Å². The molecule has 1 unspecified atom stereocenters. The zero-order valence-electron chi connectivity index (χ0n) is 15.1. The lowest BCUT2D eigenvalue weighted by molar-refractivity contribution is -0.862. The molecule has 0 heterocycles. The van der Waals surface area contributed by atoms with E-state index in [0.29, 0.717) is 6.54 Å². The van der Waals surface area contributed by atoms with Crippen LogP contribution in [0.25, 0.3) is 0 Å². The number of likely N-dealkylation sites (N-methyl/N-ethyl adjacent to an activating group) is 1. The van der Waals surface area contributed by atoms with Crippen molar-refractivity contribution in [2.75, 3.05) is 25.5 Å². The molecule has 0 aliphatic heterocycles. The first-order chi connectivity index (χ1) is 11.9. The molecule has 5 nitrogen and oxygen atoms in total. The van der Waals surface area contributed by atoms with Crippen molar-refractivity contribution < 1.29 is 14.5 Å². The van der Waals surface area contributed by atoms with Gasteiger partial charge in [0.2, 0.25) is 0 Å². The SMILES string of the molecule is Cc1ccc(NC(=O)C[NH+](C)CC(=O)NCc2ccccc2C)cc1. The second kappa shape index (κ2) is 8.99. The third-order valence-electron chi connectivity index (χ3n) is 4.00. The minimum Gasteiger partial charge on any atom is -0.347 e. The maximum absolute atomic E-state index is 12.1. The molecule has 0 radical (unpaired) electrons. The number of aryl methyl sites for hydroxylation is 2. The summed E-state index contributed by atoms with van der Waals surface area (Å²) in [5.41, 5.74) is 4.17. The van der Waals surface area contributed by atoms with Crippen LogP contribution in [-0.4, -0.2) is 32.0 Å². The fourth-order valence-corrected chi connectivity index (χ4v) is 2.52. The summed E-state index contributed by atoms with van der Waals surface area (Å²) in [5.74, 6) is -0.169. The van der Waals surface area contributed by atoms with Crippen LogP contribution in [0.1, 0.15) is 16.7 Å². The van der Waals surface area contributed by atoms with Crippen molar-refractivity contribution >= 4 is 17.5 Å². The summed E-state index contributed by atoms with van der Waals surface area (Å²) in [4.78, 5) is 24.9. The number of carbonyl (C=O) groups excluding carboxylic acids is 2. The van der Waals surface area contributed by atoms with Crippen LogP contribution in [-0.2, 0) is 16.1 Å². The molecule has 0 bridgehead atoms. The van der Waals surface area contributed by atoms with E-state index in [1.54, 1.807) is 0 Å². The maximum atomic E-state index is 12.1. The van der Waals surface area contributed by atoms with Gasteiger partial charge in [0.05, 0.1) is 7.05 Å². The summed E-state index contributed by atoms with van der Waals surface area (Å²) >= 11 is 0. The minimum absolute atomic E-state index is 0.0658. The zero-order chi connectivity index (χ0) is 18.2. The molecule has 0 fully saturated rings. The summed E-state index contributed by atoms with van der Waals surface area (Å²) in [7, 11) is 1.84. The van der Waals surface area contributed by atoms with E-state index < -0.39 is 0 Å². The molecule has 2 amide bonds. The highest BCUT2D eigenvalue weighted by Crippen LogP contribution is 2.08. The molecule has 2 rings (SSSR count). The predicted molar refractivity (Wildman–Crippen MR) is 99.5 cm³/mol. The largest absolute Gasteiger partial charge is 0.347 e. The average Bonchev–Trinajstić information content (AvgIpc) is 2.56. The Bertz CT molecular complexity index is 726. The van der Waals surface area contributed by atoms with Crippen LogP contribution in [0.4, 0.5) is 5.69 Å². The Balaban J connectivity index is 1.74. The monoisotopic (exact) mass is 340 g/mol. The Morgan fingerprint density at radius 1 is 0.920 bits per heavy atom. The molecule has 3 N–H and O–H groups in total. The fraction of sp³-hybridized carbons (Fsp3) is 0.300. The minimum atomic E-state index is -0.104. The molecule has 0 spiro atoms. The summed E-state index contributed by atoms with van der Waals surface area (Å²) in [6.45, 7) is 5.03. The van der Waals surface area contributed by atoms with Gasteiger partial charge in [0, 0.05) is 12.2 Å². The van der Waals surface area contributed by atoms with Crippen LogP contribution in [0.15, 0.2) is 48.5 Å². The van der Waals surface area contributed by atoms with E-state index in [1.165, 1.54) is 0 Å². The highest BCUT2D eigenvalue weighted by Gasteiger charge is 2.14. The van der Waals surface area contributed by atoms with Gasteiger partial charge in [0.25, 0.3) is 11.8 Å². The van der Waals surface area contributed by atoms with Crippen LogP contribution >= 0.6 is 0 Å². The Labute approximate surface area is 149 Å². The molecule has 0 aliphatic carbocycles. The first-order valence-corrected chi connectivity index (χ1v) is 8.43. The predicted octanol–water partition coefficient (Wildman–Crippen LogP) is 1.07. The third-order valence-corrected chi connectivity index (χ3v) is 4.00. The van der Waals surface area contributed by atoms with Gasteiger partial charge in [-0.25, -0.2) is 0 Å². The van der Waals surface area contributed by atoms with Crippen LogP contribution in [0, 0.1) is 13.8 Å². The highest BCUT2D eigenvalue weighted by atomic mass is 16.2. The van der Waals surface area contributed by atoms with Gasteiger partial charge in [-0.15, -0.1) is 0 Å². The van der Waals surface area contributed by atoms with Crippen LogP contribution < -0.4 is 15.5 Å². The van der Waals surface area contributed by atoms with Gasteiger partial charge in [-0.1, -0.05) is 42.0 Å². The topological polar surface area (TPSA) is 62.6 Å². The normalized spacial score (nSPS) is 11.6. The van der Waals surface area contributed by atoms with Gasteiger partial charge < -0.3 is 15.5 Å². The van der Waals surface area contributed by atoms with E-state index >= 15 is 0 Å². The number of nitrogens with one attached hydrogen (secondary N) is 3. The van der Waals surface area contributed by atoms with Crippen molar-refractivity contribution in [2.45, 2.75) is 20.4 Å². The Kier molecular flexibility index (Phi) is 6.71.